The molecule has 1 fully saturated rings. The predicted molar refractivity (Wildman–Crippen MR) is 76.4 cm³/mol. The van der Waals surface area contributed by atoms with E-state index in [0.29, 0.717) is 10.7 Å². The molecule has 4 nitrogen and oxygen atoms in total. The van der Waals surface area contributed by atoms with Crippen molar-refractivity contribution in [1.82, 2.24) is 19.8 Å². The van der Waals surface area contributed by atoms with Gasteiger partial charge in [0.25, 0.3) is 0 Å². The first kappa shape index (κ1) is 13.6. The van der Waals surface area contributed by atoms with Gasteiger partial charge in [-0.05, 0) is 26.6 Å². The van der Waals surface area contributed by atoms with E-state index in [1.165, 1.54) is 5.69 Å². The van der Waals surface area contributed by atoms with E-state index in [-0.39, 0.29) is 0 Å². The zero-order valence-electron chi connectivity index (χ0n) is 11.4. The molecule has 0 aliphatic carbocycles. The largest absolute Gasteiger partial charge is 0.347 e. The van der Waals surface area contributed by atoms with Gasteiger partial charge in [-0.1, -0.05) is 19.1 Å². The van der Waals surface area contributed by atoms with E-state index in [1.54, 1.807) is 0 Å². The molecule has 1 aromatic heterocycles. The molecule has 1 atom stereocenters. The summed E-state index contributed by atoms with van der Waals surface area (Å²) in [6.07, 6.45) is 1.91. The van der Waals surface area contributed by atoms with Crippen molar-refractivity contribution < 1.29 is 0 Å². The third kappa shape index (κ3) is 3.37. The molecule has 0 radical (unpaired) electrons. The second-order valence-corrected chi connectivity index (χ2v) is 5.56. The maximum Gasteiger partial charge on any atom is 0.129 e. The van der Waals surface area contributed by atoms with E-state index in [4.69, 9.17) is 12.2 Å². The molecule has 18 heavy (non-hydrogen) atoms. The molecular weight excluding hydrogens is 244 g/mol. The predicted octanol–water partition coefficient (Wildman–Crippen LogP) is 1.49. The molecule has 0 aromatic carbocycles. The number of nitrogens with one attached hydrogen (secondary N) is 1. The Bertz CT molecular complexity index is 457. The lowest BCUT2D eigenvalue weighted by atomic mass is 10.1. The fourth-order valence-corrected chi connectivity index (χ4v) is 2.65. The van der Waals surface area contributed by atoms with E-state index >= 15 is 0 Å². The summed E-state index contributed by atoms with van der Waals surface area (Å²) in [5, 5.41) is 0. The van der Waals surface area contributed by atoms with E-state index in [2.05, 4.69) is 40.8 Å². The molecule has 1 aliphatic rings. The minimum absolute atomic E-state index is 0.522. The van der Waals surface area contributed by atoms with Crippen molar-refractivity contribution in [3.05, 3.63) is 22.2 Å². The van der Waals surface area contributed by atoms with Gasteiger partial charge in [-0.15, -0.1) is 0 Å². The van der Waals surface area contributed by atoms with Crippen molar-refractivity contribution in [3.63, 3.8) is 0 Å². The summed E-state index contributed by atoms with van der Waals surface area (Å²) in [7, 11) is 4.37. The quantitative estimate of drug-likeness (QED) is 0.841. The summed E-state index contributed by atoms with van der Waals surface area (Å²) in [5.41, 5.74) is 1.18. The van der Waals surface area contributed by atoms with Crippen LogP contribution in [0.25, 0.3) is 0 Å². The van der Waals surface area contributed by atoms with Crippen LogP contribution in [0.2, 0.25) is 0 Å². The fraction of sp³-hybridized carbons (Fsp3) is 0.692. The number of H-pyrrole nitrogens is 1. The Kier molecular flexibility index (Phi) is 4.48. The molecule has 0 bridgehead atoms. The smallest absolute Gasteiger partial charge is 0.129 e. The first-order valence-corrected chi connectivity index (χ1v) is 6.97. The van der Waals surface area contributed by atoms with E-state index in [9.17, 15) is 0 Å². The average Bonchev–Trinajstić information content (AvgIpc) is 2.33. The van der Waals surface area contributed by atoms with Crippen LogP contribution in [0, 0.1) is 4.64 Å². The van der Waals surface area contributed by atoms with Gasteiger partial charge in [-0.3, -0.25) is 0 Å². The van der Waals surface area contributed by atoms with Crippen molar-refractivity contribution in [2.75, 3.05) is 33.7 Å². The third-order valence-corrected chi connectivity index (χ3v) is 3.85. The van der Waals surface area contributed by atoms with Gasteiger partial charge in [0.15, 0.2) is 0 Å². The Labute approximate surface area is 114 Å². The molecule has 2 heterocycles. The second kappa shape index (κ2) is 5.91. The number of aromatic amines is 1. The van der Waals surface area contributed by atoms with Gasteiger partial charge in [0.1, 0.15) is 10.5 Å². The van der Waals surface area contributed by atoms with Gasteiger partial charge < -0.3 is 14.8 Å². The Morgan fingerprint density at radius 3 is 2.94 bits per heavy atom. The molecule has 0 saturated carbocycles. The number of piperazine rings is 1. The van der Waals surface area contributed by atoms with Crippen LogP contribution in [0.15, 0.2) is 6.07 Å². The monoisotopic (exact) mass is 266 g/mol. The number of hydrogen-bond acceptors (Lipinski definition) is 4. The number of hydrogen-bond donors (Lipinski definition) is 1. The molecule has 1 unspecified atom stereocenters. The van der Waals surface area contributed by atoms with Gasteiger partial charge in [-0.25, -0.2) is 4.98 Å². The highest BCUT2D eigenvalue weighted by Gasteiger charge is 2.22. The molecular formula is C13H22N4S. The van der Waals surface area contributed by atoms with E-state index in [0.717, 1.165) is 38.3 Å². The number of nitrogens with zero attached hydrogens (tertiary/aromatic N) is 3. The maximum absolute atomic E-state index is 5.22. The molecule has 0 amide bonds. The number of rotatable bonds is 3. The van der Waals surface area contributed by atoms with Gasteiger partial charge in [0.2, 0.25) is 0 Å². The van der Waals surface area contributed by atoms with Crippen LogP contribution in [0.4, 0.5) is 0 Å². The normalized spacial score (nSPS) is 22.3. The summed E-state index contributed by atoms with van der Waals surface area (Å²) in [4.78, 5) is 12.6. The van der Waals surface area contributed by atoms with Crippen molar-refractivity contribution in [3.8, 4) is 0 Å². The first-order valence-electron chi connectivity index (χ1n) is 6.56. The Hall–Kier alpha value is -0.780. The summed E-state index contributed by atoms with van der Waals surface area (Å²) in [5.74, 6) is 1.02. The summed E-state index contributed by atoms with van der Waals surface area (Å²) >= 11 is 5.22. The van der Waals surface area contributed by atoms with Crippen molar-refractivity contribution in [2.45, 2.75) is 25.8 Å². The minimum atomic E-state index is 0.522. The van der Waals surface area contributed by atoms with Crippen molar-refractivity contribution in [2.24, 2.45) is 0 Å². The second-order valence-electron chi connectivity index (χ2n) is 5.15. The Balaban J connectivity index is 2.12. The van der Waals surface area contributed by atoms with Gasteiger partial charge in [-0.2, -0.15) is 0 Å². The molecule has 0 spiro atoms. The Morgan fingerprint density at radius 1 is 1.44 bits per heavy atom. The third-order valence-electron chi connectivity index (χ3n) is 3.64. The van der Waals surface area contributed by atoms with Crippen LogP contribution in [0.1, 0.15) is 18.4 Å². The summed E-state index contributed by atoms with van der Waals surface area (Å²) in [6.45, 7) is 5.49. The lowest BCUT2D eigenvalue weighted by Gasteiger charge is -2.37. The molecule has 1 aromatic rings. The summed E-state index contributed by atoms with van der Waals surface area (Å²) < 4.78 is 0.701. The highest BCUT2D eigenvalue weighted by molar-refractivity contribution is 7.71. The van der Waals surface area contributed by atoms with Gasteiger partial charge in [0, 0.05) is 37.8 Å². The number of likely N-dealkylation sites (N-methyl/N-ethyl adjacent to an activating group) is 2. The van der Waals surface area contributed by atoms with Crippen LogP contribution in [-0.4, -0.2) is 59.5 Å². The van der Waals surface area contributed by atoms with Crippen molar-refractivity contribution >= 4 is 12.2 Å². The lowest BCUT2D eigenvalue weighted by Crippen LogP contribution is -2.51. The molecule has 2 rings (SSSR count). The zero-order chi connectivity index (χ0) is 13.1. The standard InChI is InChI=1S/C13H22N4S/c1-4-10-7-13(18)15-12(14-10)8-11-9-16(2)5-6-17(11)3/h7,11H,4-6,8-9H2,1-3H3,(H,14,15,18). The van der Waals surface area contributed by atoms with Crippen LogP contribution < -0.4 is 0 Å². The van der Waals surface area contributed by atoms with E-state index in [1.807, 2.05) is 6.07 Å². The van der Waals surface area contributed by atoms with Crippen LogP contribution in [0.3, 0.4) is 0 Å². The Morgan fingerprint density at radius 2 is 2.22 bits per heavy atom. The first-order chi connectivity index (χ1) is 8.58. The highest BCUT2D eigenvalue weighted by atomic mass is 32.1. The van der Waals surface area contributed by atoms with Gasteiger partial charge in [0.05, 0.1) is 0 Å². The molecule has 1 N–H and O–H groups in total. The minimum Gasteiger partial charge on any atom is -0.347 e. The van der Waals surface area contributed by atoms with E-state index < -0.39 is 0 Å². The average molecular weight is 266 g/mol. The van der Waals surface area contributed by atoms with Crippen LogP contribution >= 0.6 is 12.2 Å². The lowest BCUT2D eigenvalue weighted by molar-refractivity contribution is 0.113. The topological polar surface area (TPSA) is 35.2 Å². The zero-order valence-corrected chi connectivity index (χ0v) is 12.3. The molecule has 1 saturated heterocycles. The van der Waals surface area contributed by atoms with Gasteiger partial charge >= 0.3 is 0 Å². The SMILES string of the molecule is CCc1cc(=S)nc(CC2CN(C)CCN2C)[nH]1. The van der Waals surface area contributed by atoms with Crippen LogP contribution in [-0.2, 0) is 12.8 Å². The van der Waals surface area contributed by atoms with Crippen molar-refractivity contribution in [1.29, 1.82) is 0 Å². The molecule has 100 valence electrons. The van der Waals surface area contributed by atoms with Crippen LogP contribution in [0.5, 0.6) is 0 Å². The molecule has 5 heteroatoms. The highest BCUT2D eigenvalue weighted by Crippen LogP contribution is 2.11. The summed E-state index contributed by atoms with van der Waals surface area (Å²) in [6, 6.07) is 2.48. The number of aryl methyl sites for hydroxylation is 1. The number of aromatic nitrogens is 2. The fourth-order valence-electron chi connectivity index (χ4n) is 2.40. The maximum atomic E-state index is 5.22. The molecule has 1 aliphatic heterocycles.